The molecule has 3 heterocycles. The standard InChI is InChI=1S/C31H31ClF3N5O10/c1-6-29(50-17(5)42)20(49-25(22(29)48-16(4)41)40-15-37-21-23(36)38-28(32)39-24(21)40)14-47-30(26(43)45-7-2,27(44)46-8-3)13-18-10-9-11-19(12-18)31(33,34)35/h1,9-12,15,20,22,25H,7-8,13-14H2,2-5H3,(H2,36,38,39)/t20-,22+,25-,29-/m1/s1. The Morgan fingerprint density at radius 2 is 1.76 bits per heavy atom. The number of halogens is 4. The monoisotopic (exact) mass is 725 g/mol. The van der Waals surface area contributed by atoms with Crippen LogP contribution >= 0.6 is 11.6 Å². The van der Waals surface area contributed by atoms with Gasteiger partial charge < -0.3 is 34.2 Å². The average molecular weight is 726 g/mol. The van der Waals surface area contributed by atoms with Crippen molar-refractivity contribution < 1.29 is 60.8 Å². The number of hydrogen-bond acceptors (Lipinski definition) is 14. The van der Waals surface area contributed by atoms with Crippen LogP contribution in [0.5, 0.6) is 0 Å². The molecule has 0 spiro atoms. The molecule has 1 aliphatic heterocycles. The van der Waals surface area contributed by atoms with E-state index in [1.807, 2.05) is 0 Å². The van der Waals surface area contributed by atoms with E-state index in [0.717, 1.165) is 32.0 Å². The Bertz CT molecular complexity index is 1810. The zero-order chi connectivity index (χ0) is 37.0. The summed E-state index contributed by atoms with van der Waals surface area (Å²) in [6.45, 7) is 3.46. The maximum Gasteiger partial charge on any atom is 0.416 e. The number of nitrogens with two attached hydrogens (primary N) is 1. The minimum atomic E-state index is -4.76. The second kappa shape index (κ2) is 14.9. The van der Waals surface area contributed by atoms with Crippen LogP contribution in [0, 0.1) is 12.3 Å². The summed E-state index contributed by atoms with van der Waals surface area (Å²) in [5, 5.41) is -0.287. The highest BCUT2D eigenvalue weighted by Gasteiger charge is 2.63. The number of fused-ring (bicyclic) bond motifs is 1. The minimum absolute atomic E-state index is 0.0168. The minimum Gasteiger partial charge on any atom is -0.463 e. The Kier molecular flexibility index (Phi) is 11.2. The number of benzene rings is 1. The van der Waals surface area contributed by atoms with Crippen molar-refractivity contribution in [3.63, 3.8) is 0 Å². The van der Waals surface area contributed by atoms with Gasteiger partial charge >= 0.3 is 30.1 Å². The van der Waals surface area contributed by atoms with Crippen LogP contribution in [0.3, 0.4) is 0 Å². The molecule has 268 valence electrons. The summed E-state index contributed by atoms with van der Waals surface area (Å²) in [5.41, 5.74) is -0.317. The third-order valence-electron chi connectivity index (χ3n) is 7.39. The molecule has 4 rings (SSSR count). The number of nitrogen functional groups attached to an aromatic ring is 1. The van der Waals surface area contributed by atoms with Gasteiger partial charge in [-0.05, 0) is 37.1 Å². The first-order valence-electron chi connectivity index (χ1n) is 14.8. The lowest BCUT2D eigenvalue weighted by molar-refractivity contribution is -0.200. The van der Waals surface area contributed by atoms with Gasteiger partial charge in [0.05, 0.1) is 31.7 Å². The number of aromatic nitrogens is 4. The molecule has 1 fully saturated rings. The number of ether oxygens (including phenoxy) is 6. The Hall–Kier alpha value is -4.99. The van der Waals surface area contributed by atoms with Crippen LogP contribution in [0.25, 0.3) is 11.2 Å². The van der Waals surface area contributed by atoms with Crippen molar-refractivity contribution in [2.45, 2.75) is 69.9 Å². The number of carbonyl (C=O) groups excluding carboxylic acids is 4. The lowest BCUT2D eigenvalue weighted by Gasteiger charge is -2.35. The molecule has 0 aliphatic carbocycles. The summed E-state index contributed by atoms with van der Waals surface area (Å²) in [4.78, 5) is 64.2. The van der Waals surface area contributed by atoms with E-state index in [1.54, 1.807) is 0 Å². The van der Waals surface area contributed by atoms with Crippen LogP contribution in [0.15, 0.2) is 30.6 Å². The highest BCUT2D eigenvalue weighted by Crippen LogP contribution is 2.44. The number of nitrogens with zero attached hydrogens (tertiary/aromatic N) is 4. The summed E-state index contributed by atoms with van der Waals surface area (Å²) in [6, 6.07) is 3.84. The van der Waals surface area contributed by atoms with E-state index in [1.165, 1.54) is 30.8 Å². The van der Waals surface area contributed by atoms with Crippen LogP contribution < -0.4 is 5.73 Å². The molecule has 15 nitrogen and oxygen atoms in total. The first-order valence-corrected chi connectivity index (χ1v) is 15.2. The first-order chi connectivity index (χ1) is 23.5. The summed E-state index contributed by atoms with van der Waals surface area (Å²) >= 11 is 6.03. The van der Waals surface area contributed by atoms with Gasteiger partial charge in [-0.2, -0.15) is 23.1 Å². The second-order valence-corrected chi connectivity index (χ2v) is 11.1. The fourth-order valence-corrected chi connectivity index (χ4v) is 5.52. The Morgan fingerprint density at radius 1 is 1.10 bits per heavy atom. The summed E-state index contributed by atoms with van der Waals surface area (Å²) in [6.07, 6.45) is -3.27. The normalized spacial score (nSPS) is 20.6. The molecule has 1 saturated heterocycles. The zero-order valence-electron chi connectivity index (χ0n) is 27.0. The van der Waals surface area contributed by atoms with Crippen LogP contribution in [0.4, 0.5) is 19.0 Å². The molecule has 0 radical (unpaired) electrons. The van der Waals surface area contributed by atoms with Crippen molar-refractivity contribution in [2.75, 3.05) is 25.6 Å². The molecule has 2 aromatic heterocycles. The number of anilines is 1. The smallest absolute Gasteiger partial charge is 0.416 e. The number of rotatable bonds is 12. The molecule has 19 heteroatoms. The van der Waals surface area contributed by atoms with E-state index in [0.29, 0.717) is 0 Å². The molecule has 50 heavy (non-hydrogen) atoms. The van der Waals surface area contributed by atoms with Crippen LogP contribution in [-0.4, -0.2) is 86.6 Å². The van der Waals surface area contributed by atoms with Gasteiger partial charge in [0, 0.05) is 20.3 Å². The molecular formula is C31H31ClF3N5O10. The Morgan fingerprint density at radius 3 is 2.32 bits per heavy atom. The zero-order valence-corrected chi connectivity index (χ0v) is 27.7. The van der Waals surface area contributed by atoms with Crippen molar-refractivity contribution in [2.24, 2.45) is 0 Å². The van der Waals surface area contributed by atoms with Gasteiger partial charge in [-0.1, -0.05) is 24.1 Å². The van der Waals surface area contributed by atoms with E-state index in [9.17, 15) is 32.3 Å². The van der Waals surface area contributed by atoms with Gasteiger partial charge in [-0.15, -0.1) is 6.42 Å². The SMILES string of the molecule is C#C[C@@]1(OC(C)=O)[C@@H](COC(Cc2cccc(C(F)(F)F)c2)(C(=O)OCC)C(=O)OCC)O[C@@H](n2cnc3c(N)nc(Cl)nc32)[C@@H]1OC(C)=O. The van der Waals surface area contributed by atoms with Crippen molar-refractivity contribution in [3.8, 4) is 12.3 Å². The molecule has 0 amide bonds. The molecular weight excluding hydrogens is 695 g/mol. The summed E-state index contributed by atoms with van der Waals surface area (Å²) in [5.74, 6) is -2.32. The van der Waals surface area contributed by atoms with Crippen molar-refractivity contribution in [3.05, 3.63) is 47.0 Å². The third-order valence-corrected chi connectivity index (χ3v) is 7.56. The van der Waals surface area contributed by atoms with E-state index in [4.69, 9.17) is 52.2 Å². The molecule has 1 aliphatic rings. The van der Waals surface area contributed by atoms with Crippen molar-refractivity contribution in [1.82, 2.24) is 19.5 Å². The highest BCUT2D eigenvalue weighted by molar-refractivity contribution is 6.28. The highest BCUT2D eigenvalue weighted by atomic mass is 35.5. The summed E-state index contributed by atoms with van der Waals surface area (Å²) < 4.78 is 75.7. The van der Waals surface area contributed by atoms with Gasteiger partial charge in [0.2, 0.25) is 17.0 Å². The molecule has 4 atom stereocenters. The molecule has 3 aromatic rings. The predicted molar refractivity (Wildman–Crippen MR) is 165 cm³/mol. The van der Waals surface area contributed by atoms with E-state index < -0.39 is 78.3 Å². The summed E-state index contributed by atoms with van der Waals surface area (Å²) in [7, 11) is 0. The molecule has 1 aromatic carbocycles. The van der Waals surface area contributed by atoms with Crippen molar-refractivity contribution >= 4 is 52.5 Å². The van der Waals surface area contributed by atoms with Gasteiger partial charge in [0.15, 0.2) is 17.7 Å². The molecule has 0 unspecified atom stereocenters. The molecule has 2 N–H and O–H groups in total. The number of terminal acetylenes is 1. The fourth-order valence-electron chi connectivity index (χ4n) is 5.35. The maximum absolute atomic E-state index is 13.6. The predicted octanol–water partition coefficient (Wildman–Crippen LogP) is 2.97. The number of alkyl halides is 3. The van der Waals surface area contributed by atoms with Gasteiger partial charge in [-0.25, -0.2) is 14.6 Å². The second-order valence-electron chi connectivity index (χ2n) is 10.7. The van der Waals surface area contributed by atoms with Crippen molar-refractivity contribution in [1.29, 1.82) is 0 Å². The molecule has 0 saturated carbocycles. The van der Waals surface area contributed by atoms with E-state index >= 15 is 0 Å². The maximum atomic E-state index is 13.6. The van der Waals surface area contributed by atoms with Gasteiger partial charge in [0.25, 0.3) is 5.60 Å². The largest absolute Gasteiger partial charge is 0.463 e. The van der Waals surface area contributed by atoms with Crippen LogP contribution in [-0.2, 0) is 60.2 Å². The van der Waals surface area contributed by atoms with E-state index in [2.05, 4.69) is 20.9 Å². The first kappa shape index (κ1) is 37.8. The van der Waals surface area contributed by atoms with Crippen LogP contribution in [0.2, 0.25) is 5.28 Å². The quantitative estimate of drug-likeness (QED) is 0.0942. The Balaban J connectivity index is 1.87. The number of imidazole rings is 1. The van der Waals surface area contributed by atoms with Gasteiger partial charge in [-0.3, -0.25) is 14.2 Å². The number of hydrogen-bond donors (Lipinski definition) is 1. The fraction of sp³-hybridized carbons (Fsp3) is 0.452. The number of esters is 4. The Labute approximate surface area is 287 Å². The topological polar surface area (TPSA) is 193 Å². The average Bonchev–Trinajstić information content (AvgIpc) is 3.57. The number of carbonyl (C=O) groups is 4. The molecule has 0 bridgehead atoms. The van der Waals surface area contributed by atoms with Gasteiger partial charge in [0.1, 0.15) is 11.6 Å². The van der Waals surface area contributed by atoms with E-state index in [-0.39, 0.29) is 41.0 Å². The third kappa shape index (κ3) is 7.44. The van der Waals surface area contributed by atoms with Crippen LogP contribution in [0.1, 0.15) is 45.0 Å². The lowest BCUT2D eigenvalue weighted by Crippen LogP contribution is -2.57. The lowest BCUT2D eigenvalue weighted by atomic mass is 9.90.